The topological polar surface area (TPSA) is 41.1 Å². The van der Waals surface area contributed by atoms with Gasteiger partial charge in [-0.1, -0.05) is 0 Å². The molecule has 0 radical (unpaired) electrons. The van der Waals surface area contributed by atoms with E-state index in [2.05, 4.69) is 20.2 Å². The van der Waals surface area contributed by atoms with E-state index in [-0.39, 0.29) is 0 Å². The van der Waals surface area contributed by atoms with Crippen LogP contribution in [0.3, 0.4) is 0 Å². The van der Waals surface area contributed by atoms with E-state index in [1.165, 1.54) is 12.8 Å². The van der Waals surface area contributed by atoms with Crippen molar-refractivity contribution in [2.75, 3.05) is 19.6 Å². The summed E-state index contributed by atoms with van der Waals surface area (Å²) in [5, 5.41) is 3.61. The van der Waals surface area contributed by atoms with E-state index in [0.29, 0.717) is 6.04 Å². The first kappa shape index (κ1) is 10.2. The Morgan fingerprint density at radius 3 is 2.88 bits per heavy atom. The molecule has 1 unspecified atom stereocenters. The Hall–Kier alpha value is -1.00. The highest BCUT2D eigenvalue weighted by Gasteiger charge is 2.33. The van der Waals surface area contributed by atoms with Crippen LogP contribution in [0.25, 0.3) is 0 Å². The van der Waals surface area contributed by atoms with Gasteiger partial charge in [0.15, 0.2) is 0 Å². The molecule has 0 amide bonds. The van der Waals surface area contributed by atoms with Gasteiger partial charge in [0.05, 0.1) is 6.54 Å². The standard InChI is InChI=1S/C12H18N4/c1-4-14-12(15-5-1)9-16-7-6-13-11(8-16)10-2-3-10/h1,4-5,10-11,13H,2-3,6-9H2. The van der Waals surface area contributed by atoms with Gasteiger partial charge in [0.1, 0.15) is 5.82 Å². The lowest BCUT2D eigenvalue weighted by molar-refractivity contribution is 0.178. The van der Waals surface area contributed by atoms with Crippen molar-refractivity contribution in [3.63, 3.8) is 0 Å². The van der Waals surface area contributed by atoms with Gasteiger partial charge in [-0.15, -0.1) is 0 Å². The molecule has 2 fully saturated rings. The smallest absolute Gasteiger partial charge is 0.142 e. The molecule has 1 aromatic heterocycles. The van der Waals surface area contributed by atoms with Crippen LogP contribution in [0.2, 0.25) is 0 Å². The third kappa shape index (κ3) is 2.39. The Balaban J connectivity index is 1.58. The van der Waals surface area contributed by atoms with Crippen LogP contribution in [0.5, 0.6) is 0 Å². The highest BCUT2D eigenvalue weighted by Crippen LogP contribution is 2.33. The molecule has 2 heterocycles. The average molecular weight is 218 g/mol. The third-order valence-electron chi connectivity index (χ3n) is 3.46. The molecular formula is C12H18N4. The zero-order valence-electron chi connectivity index (χ0n) is 9.47. The molecule has 1 saturated heterocycles. The highest BCUT2D eigenvalue weighted by atomic mass is 15.2. The van der Waals surface area contributed by atoms with Crippen LogP contribution in [-0.2, 0) is 6.54 Å². The molecule has 86 valence electrons. The van der Waals surface area contributed by atoms with E-state index in [4.69, 9.17) is 0 Å². The molecule has 16 heavy (non-hydrogen) atoms. The predicted molar refractivity (Wildman–Crippen MR) is 61.8 cm³/mol. The molecule has 4 heteroatoms. The van der Waals surface area contributed by atoms with E-state index in [1.54, 1.807) is 0 Å². The van der Waals surface area contributed by atoms with Crippen molar-refractivity contribution in [2.45, 2.75) is 25.4 Å². The number of piperazine rings is 1. The number of aromatic nitrogens is 2. The van der Waals surface area contributed by atoms with Crippen molar-refractivity contribution in [2.24, 2.45) is 5.92 Å². The Kier molecular flexibility index (Phi) is 2.84. The molecule has 0 bridgehead atoms. The zero-order valence-corrected chi connectivity index (χ0v) is 9.47. The maximum Gasteiger partial charge on any atom is 0.142 e. The van der Waals surface area contributed by atoms with Gasteiger partial charge < -0.3 is 5.32 Å². The quantitative estimate of drug-likeness (QED) is 0.809. The first-order chi connectivity index (χ1) is 7.92. The summed E-state index contributed by atoms with van der Waals surface area (Å²) in [4.78, 5) is 11.0. The fraction of sp³-hybridized carbons (Fsp3) is 0.667. The molecule has 4 nitrogen and oxygen atoms in total. The molecular weight excluding hydrogens is 200 g/mol. The molecule has 1 atom stereocenters. The van der Waals surface area contributed by atoms with Crippen LogP contribution >= 0.6 is 0 Å². The molecule has 0 spiro atoms. The fourth-order valence-electron chi connectivity index (χ4n) is 2.41. The maximum absolute atomic E-state index is 4.29. The van der Waals surface area contributed by atoms with Crippen LogP contribution < -0.4 is 5.32 Å². The third-order valence-corrected chi connectivity index (χ3v) is 3.46. The molecule has 1 saturated carbocycles. The van der Waals surface area contributed by atoms with Crippen LogP contribution in [-0.4, -0.2) is 40.5 Å². The van der Waals surface area contributed by atoms with Crippen LogP contribution in [0.4, 0.5) is 0 Å². The lowest BCUT2D eigenvalue weighted by Gasteiger charge is -2.33. The van der Waals surface area contributed by atoms with Crippen LogP contribution in [0, 0.1) is 5.92 Å². The summed E-state index contributed by atoms with van der Waals surface area (Å²) in [6.45, 7) is 4.27. The van der Waals surface area contributed by atoms with Gasteiger partial charge in [-0.25, -0.2) is 9.97 Å². The normalized spacial score (nSPS) is 26.9. The number of hydrogen-bond acceptors (Lipinski definition) is 4. The monoisotopic (exact) mass is 218 g/mol. The SMILES string of the molecule is c1cnc(CN2CCNC(C3CC3)C2)nc1. The first-order valence-electron chi connectivity index (χ1n) is 6.13. The van der Waals surface area contributed by atoms with E-state index in [0.717, 1.165) is 37.9 Å². The summed E-state index contributed by atoms with van der Waals surface area (Å²) in [5.74, 6) is 1.87. The second-order valence-corrected chi connectivity index (χ2v) is 4.80. The van der Waals surface area contributed by atoms with E-state index < -0.39 is 0 Å². The van der Waals surface area contributed by atoms with Gasteiger partial charge in [0, 0.05) is 38.1 Å². The number of nitrogens with one attached hydrogen (secondary N) is 1. The van der Waals surface area contributed by atoms with Crippen molar-refractivity contribution >= 4 is 0 Å². The Morgan fingerprint density at radius 1 is 1.31 bits per heavy atom. The summed E-state index contributed by atoms with van der Waals surface area (Å²) in [6.07, 6.45) is 6.46. The maximum atomic E-state index is 4.29. The minimum atomic E-state index is 0.706. The molecule has 1 aliphatic carbocycles. The van der Waals surface area contributed by atoms with Gasteiger partial charge >= 0.3 is 0 Å². The van der Waals surface area contributed by atoms with Gasteiger partial charge in [0.25, 0.3) is 0 Å². The van der Waals surface area contributed by atoms with E-state index >= 15 is 0 Å². The van der Waals surface area contributed by atoms with E-state index in [9.17, 15) is 0 Å². The van der Waals surface area contributed by atoms with Crippen molar-refractivity contribution in [3.8, 4) is 0 Å². The van der Waals surface area contributed by atoms with Crippen molar-refractivity contribution < 1.29 is 0 Å². The summed E-state index contributed by atoms with van der Waals surface area (Å²) in [7, 11) is 0. The molecule has 3 rings (SSSR count). The minimum absolute atomic E-state index is 0.706. The second kappa shape index (κ2) is 4.47. The van der Waals surface area contributed by atoms with Crippen molar-refractivity contribution in [1.29, 1.82) is 0 Å². The predicted octanol–water partition coefficient (Wildman–Crippen LogP) is 0.660. The van der Waals surface area contributed by atoms with Crippen molar-refractivity contribution in [1.82, 2.24) is 20.2 Å². The van der Waals surface area contributed by atoms with E-state index in [1.807, 2.05) is 18.5 Å². The molecule has 1 N–H and O–H groups in total. The second-order valence-electron chi connectivity index (χ2n) is 4.80. The summed E-state index contributed by atoms with van der Waals surface area (Å²) >= 11 is 0. The number of hydrogen-bond donors (Lipinski definition) is 1. The highest BCUT2D eigenvalue weighted by molar-refractivity contribution is 4.94. The average Bonchev–Trinajstić information content (AvgIpc) is 3.15. The Labute approximate surface area is 96.1 Å². The van der Waals surface area contributed by atoms with Crippen molar-refractivity contribution in [3.05, 3.63) is 24.3 Å². The molecule has 2 aliphatic rings. The van der Waals surface area contributed by atoms with Crippen LogP contribution in [0.1, 0.15) is 18.7 Å². The summed E-state index contributed by atoms with van der Waals surface area (Å²) in [6, 6.07) is 2.58. The zero-order chi connectivity index (χ0) is 10.8. The number of rotatable bonds is 3. The largest absolute Gasteiger partial charge is 0.311 e. The summed E-state index contributed by atoms with van der Waals surface area (Å²) in [5.41, 5.74) is 0. The fourth-order valence-corrected chi connectivity index (χ4v) is 2.41. The molecule has 0 aromatic carbocycles. The lowest BCUT2D eigenvalue weighted by atomic mass is 10.1. The number of nitrogens with zero attached hydrogens (tertiary/aromatic N) is 3. The van der Waals surface area contributed by atoms with Gasteiger partial charge in [-0.2, -0.15) is 0 Å². The van der Waals surface area contributed by atoms with Gasteiger partial charge in [-0.3, -0.25) is 4.90 Å². The Morgan fingerprint density at radius 2 is 2.12 bits per heavy atom. The van der Waals surface area contributed by atoms with Gasteiger partial charge in [0.2, 0.25) is 0 Å². The lowest BCUT2D eigenvalue weighted by Crippen LogP contribution is -2.51. The summed E-state index contributed by atoms with van der Waals surface area (Å²) < 4.78 is 0. The first-order valence-corrected chi connectivity index (χ1v) is 6.13. The Bertz CT molecular complexity index is 336. The van der Waals surface area contributed by atoms with Crippen LogP contribution in [0.15, 0.2) is 18.5 Å². The minimum Gasteiger partial charge on any atom is -0.311 e. The molecule has 1 aliphatic heterocycles. The molecule has 1 aromatic rings. The van der Waals surface area contributed by atoms with Gasteiger partial charge in [-0.05, 0) is 24.8 Å².